The Bertz CT molecular complexity index is 481. The molecular weight excluding hydrogens is 268 g/mol. The first-order valence-electron chi connectivity index (χ1n) is 7.10. The number of hydrogen-bond donors (Lipinski definition) is 2. The Hall–Kier alpha value is -2.04. The predicted molar refractivity (Wildman–Crippen MR) is 82.4 cm³/mol. The molecule has 0 aromatic heterocycles. The van der Waals surface area contributed by atoms with Crippen molar-refractivity contribution in [3.05, 3.63) is 29.8 Å². The quantitative estimate of drug-likeness (QED) is 0.842. The molecule has 1 atom stereocenters. The maximum atomic E-state index is 12.2. The SMILES string of the molecule is COc1ccc(C(=O)NC(C(=O)NC(C)C)C(C)C)cc1. The monoisotopic (exact) mass is 292 g/mol. The highest BCUT2D eigenvalue weighted by Crippen LogP contribution is 2.12. The lowest BCUT2D eigenvalue weighted by molar-refractivity contribution is -0.124. The van der Waals surface area contributed by atoms with E-state index < -0.39 is 6.04 Å². The van der Waals surface area contributed by atoms with Crippen LogP contribution in [0.25, 0.3) is 0 Å². The second kappa shape index (κ2) is 7.67. The number of carbonyl (C=O) groups excluding carboxylic acids is 2. The third kappa shape index (κ3) is 5.10. The number of nitrogens with one attached hydrogen (secondary N) is 2. The zero-order valence-corrected chi connectivity index (χ0v) is 13.3. The Labute approximate surface area is 126 Å². The summed E-state index contributed by atoms with van der Waals surface area (Å²) in [6.45, 7) is 7.58. The zero-order chi connectivity index (χ0) is 16.0. The summed E-state index contributed by atoms with van der Waals surface area (Å²) in [7, 11) is 1.57. The fourth-order valence-corrected chi connectivity index (χ4v) is 1.88. The van der Waals surface area contributed by atoms with Crippen LogP contribution in [0.3, 0.4) is 0 Å². The molecule has 0 spiro atoms. The predicted octanol–water partition coefficient (Wildman–Crippen LogP) is 1.97. The van der Waals surface area contributed by atoms with Crippen LogP contribution in [-0.4, -0.2) is 31.0 Å². The summed E-state index contributed by atoms with van der Waals surface area (Å²) in [6, 6.07) is 6.26. The van der Waals surface area contributed by atoms with Crippen LogP contribution in [0, 0.1) is 5.92 Å². The molecule has 0 bridgehead atoms. The van der Waals surface area contributed by atoms with Crippen molar-refractivity contribution in [2.24, 2.45) is 5.92 Å². The molecule has 0 heterocycles. The van der Waals surface area contributed by atoms with E-state index in [1.165, 1.54) is 0 Å². The normalized spacial score (nSPS) is 12.1. The van der Waals surface area contributed by atoms with Gasteiger partial charge in [0.05, 0.1) is 7.11 Å². The van der Waals surface area contributed by atoms with Crippen molar-refractivity contribution in [3.63, 3.8) is 0 Å². The molecule has 5 heteroatoms. The van der Waals surface area contributed by atoms with Crippen molar-refractivity contribution < 1.29 is 14.3 Å². The van der Waals surface area contributed by atoms with Gasteiger partial charge in [-0.05, 0) is 44.0 Å². The van der Waals surface area contributed by atoms with E-state index in [0.717, 1.165) is 0 Å². The minimum Gasteiger partial charge on any atom is -0.497 e. The molecule has 0 fully saturated rings. The third-order valence-corrected chi connectivity index (χ3v) is 3.02. The van der Waals surface area contributed by atoms with Gasteiger partial charge in [0, 0.05) is 11.6 Å². The molecule has 5 nitrogen and oxygen atoms in total. The van der Waals surface area contributed by atoms with Gasteiger partial charge in [-0.25, -0.2) is 0 Å². The molecule has 0 radical (unpaired) electrons. The van der Waals surface area contributed by atoms with E-state index in [9.17, 15) is 9.59 Å². The van der Waals surface area contributed by atoms with Crippen LogP contribution < -0.4 is 15.4 Å². The smallest absolute Gasteiger partial charge is 0.251 e. The first-order valence-corrected chi connectivity index (χ1v) is 7.10. The van der Waals surface area contributed by atoms with Crippen molar-refractivity contribution in [1.29, 1.82) is 0 Å². The highest BCUT2D eigenvalue weighted by atomic mass is 16.5. The van der Waals surface area contributed by atoms with E-state index in [4.69, 9.17) is 4.74 Å². The molecule has 0 aliphatic rings. The maximum Gasteiger partial charge on any atom is 0.251 e. The first-order chi connectivity index (χ1) is 9.85. The van der Waals surface area contributed by atoms with Crippen LogP contribution in [0.1, 0.15) is 38.1 Å². The lowest BCUT2D eigenvalue weighted by Crippen LogP contribution is -2.51. The molecule has 21 heavy (non-hydrogen) atoms. The summed E-state index contributed by atoms with van der Waals surface area (Å²) < 4.78 is 5.05. The van der Waals surface area contributed by atoms with Crippen LogP contribution >= 0.6 is 0 Å². The molecule has 1 aromatic rings. The molecular formula is C16H24N2O3. The van der Waals surface area contributed by atoms with Gasteiger partial charge in [-0.2, -0.15) is 0 Å². The van der Waals surface area contributed by atoms with E-state index in [-0.39, 0.29) is 23.8 Å². The van der Waals surface area contributed by atoms with Crippen LogP contribution in [0.2, 0.25) is 0 Å². The number of rotatable bonds is 6. The maximum absolute atomic E-state index is 12.2. The van der Waals surface area contributed by atoms with Gasteiger partial charge in [-0.3, -0.25) is 9.59 Å². The molecule has 1 aromatic carbocycles. The number of methoxy groups -OCH3 is 1. The Morgan fingerprint density at radius 3 is 2.00 bits per heavy atom. The highest BCUT2D eigenvalue weighted by molar-refractivity contribution is 5.97. The van der Waals surface area contributed by atoms with Crippen molar-refractivity contribution in [2.75, 3.05) is 7.11 Å². The molecule has 2 N–H and O–H groups in total. The largest absolute Gasteiger partial charge is 0.497 e. The van der Waals surface area contributed by atoms with Crippen molar-refractivity contribution in [1.82, 2.24) is 10.6 Å². The van der Waals surface area contributed by atoms with E-state index in [0.29, 0.717) is 11.3 Å². The fraction of sp³-hybridized carbons (Fsp3) is 0.500. The lowest BCUT2D eigenvalue weighted by Gasteiger charge is -2.23. The Balaban J connectivity index is 2.78. The molecule has 1 unspecified atom stereocenters. The number of hydrogen-bond acceptors (Lipinski definition) is 3. The van der Waals surface area contributed by atoms with Gasteiger partial charge >= 0.3 is 0 Å². The molecule has 1 rings (SSSR count). The molecule has 0 saturated carbocycles. The Kier molecular flexibility index (Phi) is 6.21. The van der Waals surface area contributed by atoms with Crippen LogP contribution in [0.4, 0.5) is 0 Å². The summed E-state index contributed by atoms with van der Waals surface area (Å²) >= 11 is 0. The second-order valence-corrected chi connectivity index (χ2v) is 5.59. The van der Waals surface area contributed by atoms with Crippen molar-refractivity contribution in [2.45, 2.75) is 39.8 Å². The second-order valence-electron chi connectivity index (χ2n) is 5.59. The summed E-state index contributed by atoms with van der Waals surface area (Å²) in [6.07, 6.45) is 0. The molecule has 0 aliphatic heterocycles. The van der Waals surface area contributed by atoms with Crippen LogP contribution in [-0.2, 0) is 4.79 Å². The molecule has 116 valence electrons. The van der Waals surface area contributed by atoms with Gasteiger partial charge in [0.25, 0.3) is 5.91 Å². The van der Waals surface area contributed by atoms with Crippen molar-refractivity contribution >= 4 is 11.8 Å². The number of amides is 2. The topological polar surface area (TPSA) is 67.4 Å². The Morgan fingerprint density at radius 1 is 1.00 bits per heavy atom. The summed E-state index contributed by atoms with van der Waals surface area (Å²) in [5.74, 6) is 0.257. The van der Waals surface area contributed by atoms with Gasteiger partial charge in [0.1, 0.15) is 11.8 Å². The molecule has 0 saturated heterocycles. The third-order valence-electron chi connectivity index (χ3n) is 3.02. The fourth-order valence-electron chi connectivity index (χ4n) is 1.88. The van der Waals surface area contributed by atoms with Gasteiger partial charge < -0.3 is 15.4 Å². The Morgan fingerprint density at radius 2 is 1.57 bits per heavy atom. The van der Waals surface area contributed by atoms with E-state index in [1.807, 2.05) is 27.7 Å². The van der Waals surface area contributed by atoms with Crippen LogP contribution in [0.15, 0.2) is 24.3 Å². The number of benzene rings is 1. The van der Waals surface area contributed by atoms with E-state index in [1.54, 1.807) is 31.4 Å². The van der Waals surface area contributed by atoms with Gasteiger partial charge in [-0.1, -0.05) is 13.8 Å². The summed E-state index contributed by atoms with van der Waals surface area (Å²) in [4.78, 5) is 24.3. The minimum atomic E-state index is -0.554. The highest BCUT2D eigenvalue weighted by Gasteiger charge is 2.24. The van der Waals surface area contributed by atoms with E-state index >= 15 is 0 Å². The summed E-state index contributed by atoms with van der Waals surface area (Å²) in [5.41, 5.74) is 0.499. The zero-order valence-electron chi connectivity index (χ0n) is 13.3. The first kappa shape index (κ1) is 17.0. The van der Waals surface area contributed by atoms with Gasteiger partial charge in [0.15, 0.2) is 0 Å². The average molecular weight is 292 g/mol. The van der Waals surface area contributed by atoms with Crippen LogP contribution in [0.5, 0.6) is 5.75 Å². The van der Waals surface area contributed by atoms with Gasteiger partial charge in [0.2, 0.25) is 5.91 Å². The number of carbonyl (C=O) groups is 2. The average Bonchev–Trinajstić information content (AvgIpc) is 2.43. The van der Waals surface area contributed by atoms with Crippen molar-refractivity contribution in [3.8, 4) is 5.75 Å². The summed E-state index contributed by atoms with van der Waals surface area (Å²) in [5, 5.41) is 5.61. The van der Waals surface area contributed by atoms with Gasteiger partial charge in [-0.15, -0.1) is 0 Å². The standard InChI is InChI=1S/C16H24N2O3/c1-10(2)14(16(20)17-11(3)4)18-15(19)12-6-8-13(21-5)9-7-12/h6-11,14H,1-5H3,(H,17,20)(H,18,19). The molecule has 0 aliphatic carbocycles. The number of ether oxygens (including phenoxy) is 1. The lowest BCUT2D eigenvalue weighted by atomic mass is 10.0. The minimum absolute atomic E-state index is 0.00551. The van der Waals surface area contributed by atoms with E-state index in [2.05, 4.69) is 10.6 Å². The molecule has 2 amide bonds.